The third kappa shape index (κ3) is 3.41. The molecule has 4 nitrogen and oxygen atoms in total. The van der Waals surface area contributed by atoms with Crippen molar-refractivity contribution in [1.29, 1.82) is 0 Å². The summed E-state index contributed by atoms with van der Waals surface area (Å²) in [4.78, 5) is 17.7. The Balaban J connectivity index is 1.41. The fraction of sp³-hybridized carbons (Fsp3) is 0.391. The van der Waals surface area contributed by atoms with Crippen LogP contribution >= 0.6 is 0 Å². The average molecular weight is 379 g/mol. The minimum Gasteiger partial charge on any atom is -0.355 e. The van der Waals surface area contributed by atoms with Crippen molar-refractivity contribution >= 4 is 16.9 Å². The summed E-state index contributed by atoms with van der Waals surface area (Å²) >= 11 is 0. The number of carbonyl (C=O) groups excluding carboxylic acids is 1. The Hall–Kier alpha value is -2.69. The highest BCUT2D eigenvalue weighted by Gasteiger charge is 2.42. The van der Waals surface area contributed by atoms with Crippen molar-refractivity contribution in [3.63, 3.8) is 0 Å². The van der Waals surface area contributed by atoms with Crippen molar-refractivity contribution in [3.8, 4) is 0 Å². The summed E-state index contributed by atoms with van der Waals surface area (Å²) in [5.41, 5.74) is 2.34. The highest BCUT2D eigenvalue weighted by molar-refractivity contribution is 5.88. The molecule has 3 aromatic rings. The van der Waals surface area contributed by atoms with Crippen LogP contribution in [0.2, 0.25) is 0 Å². The van der Waals surface area contributed by atoms with E-state index in [4.69, 9.17) is 0 Å². The van der Waals surface area contributed by atoms with E-state index in [1.54, 1.807) is 6.07 Å². The largest absolute Gasteiger partial charge is 0.355 e. The van der Waals surface area contributed by atoms with E-state index in [2.05, 4.69) is 20.9 Å². The SMILES string of the molecule is Cc1nc2ccccc2n1CCCNC(=O)C1(c2cccc(F)c2)CCCC1. The number of imidazole rings is 1. The number of nitrogens with zero attached hydrogens (tertiary/aromatic N) is 2. The zero-order valence-corrected chi connectivity index (χ0v) is 16.2. The minimum atomic E-state index is -0.584. The van der Waals surface area contributed by atoms with Crippen molar-refractivity contribution in [2.45, 2.75) is 51.0 Å². The van der Waals surface area contributed by atoms with Crippen LogP contribution in [0.5, 0.6) is 0 Å². The Morgan fingerprint density at radius 2 is 1.96 bits per heavy atom. The Morgan fingerprint density at radius 3 is 2.75 bits per heavy atom. The summed E-state index contributed by atoms with van der Waals surface area (Å²) in [6.07, 6.45) is 4.40. The van der Waals surface area contributed by atoms with Crippen LogP contribution in [0.25, 0.3) is 11.0 Å². The zero-order valence-electron chi connectivity index (χ0n) is 16.2. The van der Waals surface area contributed by atoms with Crippen LogP contribution in [0.15, 0.2) is 48.5 Å². The molecule has 28 heavy (non-hydrogen) atoms. The average Bonchev–Trinajstić information content (AvgIpc) is 3.31. The first-order valence-corrected chi connectivity index (χ1v) is 10.1. The minimum absolute atomic E-state index is 0.0304. The summed E-state index contributed by atoms with van der Waals surface area (Å²) < 4.78 is 15.9. The summed E-state index contributed by atoms with van der Waals surface area (Å²) in [7, 11) is 0. The molecule has 0 unspecified atom stereocenters. The number of rotatable bonds is 6. The summed E-state index contributed by atoms with van der Waals surface area (Å²) in [6.45, 7) is 3.41. The molecule has 146 valence electrons. The molecular formula is C23H26FN3O. The number of nitrogens with one attached hydrogen (secondary N) is 1. The van der Waals surface area contributed by atoms with E-state index < -0.39 is 5.41 Å². The second-order valence-corrected chi connectivity index (χ2v) is 7.71. The maximum atomic E-state index is 13.7. The lowest BCUT2D eigenvalue weighted by Crippen LogP contribution is -2.43. The van der Waals surface area contributed by atoms with E-state index in [1.807, 2.05) is 31.2 Å². The van der Waals surface area contributed by atoms with Crippen LogP contribution in [-0.2, 0) is 16.8 Å². The molecule has 0 spiro atoms. The van der Waals surface area contributed by atoms with Gasteiger partial charge in [0.25, 0.3) is 0 Å². The molecule has 1 heterocycles. The van der Waals surface area contributed by atoms with Gasteiger partial charge in [0.2, 0.25) is 5.91 Å². The highest BCUT2D eigenvalue weighted by Crippen LogP contribution is 2.41. The first-order valence-electron chi connectivity index (χ1n) is 10.1. The molecule has 5 heteroatoms. The molecule has 2 aromatic carbocycles. The molecule has 1 aliphatic rings. The van der Waals surface area contributed by atoms with Gasteiger partial charge in [0.1, 0.15) is 11.6 Å². The van der Waals surface area contributed by atoms with Crippen LogP contribution in [0.4, 0.5) is 4.39 Å². The van der Waals surface area contributed by atoms with Crippen LogP contribution in [-0.4, -0.2) is 22.0 Å². The highest BCUT2D eigenvalue weighted by atomic mass is 19.1. The predicted molar refractivity (Wildman–Crippen MR) is 109 cm³/mol. The van der Waals surface area contributed by atoms with Crippen molar-refractivity contribution in [3.05, 3.63) is 65.7 Å². The Morgan fingerprint density at radius 1 is 1.18 bits per heavy atom. The first kappa shape index (κ1) is 18.7. The number of hydrogen-bond donors (Lipinski definition) is 1. The van der Waals surface area contributed by atoms with Gasteiger partial charge in [0.15, 0.2) is 0 Å². The molecule has 0 atom stereocenters. The monoisotopic (exact) mass is 379 g/mol. The van der Waals surface area contributed by atoms with E-state index >= 15 is 0 Å². The fourth-order valence-electron chi connectivity index (χ4n) is 4.50. The summed E-state index contributed by atoms with van der Waals surface area (Å²) in [5.74, 6) is 0.737. The Bertz CT molecular complexity index is 988. The van der Waals surface area contributed by atoms with Crippen LogP contribution < -0.4 is 5.32 Å². The summed E-state index contributed by atoms with van der Waals surface area (Å²) in [6, 6.07) is 14.6. The van der Waals surface area contributed by atoms with Gasteiger partial charge in [-0.2, -0.15) is 0 Å². The molecule has 1 amide bonds. The number of benzene rings is 2. The van der Waals surface area contributed by atoms with Gasteiger partial charge >= 0.3 is 0 Å². The molecule has 1 aromatic heterocycles. The van der Waals surface area contributed by atoms with Gasteiger partial charge in [-0.1, -0.05) is 37.1 Å². The maximum absolute atomic E-state index is 13.7. The van der Waals surface area contributed by atoms with Gasteiger partial charge in [-0.3, -0.25) is 4.79 Å². The molecule has 0 aliphatic heterocycles. The first-order chi connectivity index (χ1) is 13.6. The predicted octanol–water partition coefficient (Wildman–Crippen LogP) is 4.50. The van der Waals surface area contributed by atoms with Gasteiger partial charge in [-0.05, 0) is 56.0 Å². The number of aromatic nitrogens is 2. The molecular weight excluding hydrogens is 353 g/mol. The van der Waals surface area contributed by atoms with Gasteiger partial charge in [0, 0.05) is 13.1 Å². The van der Waals surface area contributed by atoms with Gasteiger partial charge < -0.3 is 9.88 Å². The standard InChI is InChI=1S/C23H26FN3O/c1-17-26-20-10-2-3-11-21(20)27(17)15-7-14-25-22(28)23(12-4-5-13-23)18-8-6-9-19(24)16-18/h2-3,6,8-11,16H,4-5,7,12-15H2,1H3,(H,25,28). The van der Waals surface area contributed by atoms with Crippen molar-refractivity contribution in [2.24, 2.45) is 0 Å². The topological polar surface area (TPSA) is 46.9 Å². The molecule has 0 radical (unpaired) electrons. The Labute approximate surface area is 164 Å². The second-order valence-electron chi connectivity index (χ2n) is 7.71. The van der Waals surface area contributed by atoms with Crippen LogP contribution in [0.3, 0.4) is 0 Å². The number of carbonyl (C=O) groups is 1. The van der Waals surface area contributed by atoms with E-state index in [1.165, 1.54) is 12.1 Å². The number of fused-ring (bicyclic) bond motifs is 1. The van der Waals surface area contributed by atoms with Gasteiger partial charge in [-0.15, -0.1) is 0 Å². The van der Waals surface area contributed by atoms with E-state index in [-0.39, 0.29) is 11.7 Å². The van der Waals surface area contributed by atoms with Crippen LogP contribution in [0.1, 0.15) is 43.5 Å². The van der Waals surface area contributed by atoms with Crippen molar-refractivity contribution < 1.29 is 9.18 Å². The molecule has 0 saturated heterocycles. The van der Waals surface area contributed by atoms with Crippen molar-refractivity contribution in [1.82, 2.24) is 14.9 Å². The van der Waals surface area contributed by atoms with Crippen LogP contribution in [0, 0.1) is 12.7 Å². The summed E-state index contributed by atoms with van der Waals surface area (Å²) in [5, 5.41) is 3.12. The molecule has 1 fully saturated rings. The lowest BCUT2D eigenvalue weighted by molar-refractivity contribution is -0.126. The third-order valence-electron chi connectivity index (χ3n) is 5.96. The van der Waals surface area contributed by atoms with Gasteiger partial charge in [-0.25, -0.2) is 9.37 Å². The number of para-hydroxylation sites is 2. The zero-order chi connectivity index (χ0) is 19.6. The quantitative estimate of drug-likeness (QED) is 0.641. The molecule has 1 aliphatic carbocycles. The third-order valence-corrected chi connectivity index (χ3v) is 5.96. The van der Waals surface area contributed by atoms with E-state index in [0.29, 0.717) is 6.54 Å². The second kappa shape index (κ2) is 7.74. The van der Waals surface area contributed by atoms with E-state index in [9.17, 15) is 9.18 Å². The van der Waals surface area contributed by atoms with Gasteiger partial charge in [0.05, 0.1) is 16.4 Å². The molecule has 0 bridgehead atoms. The lowest BCUT2D eigenvalue weighted by Gasteiger charge is -2.28. The van der Waals surface area contributed by atoms with Crippen molar-refractivity contribution in [2.75, 3.05) is 6.54 Å². The Kier molecular flexibility index (Phi) is 5.16. The normalized spacial score (nSPS) is 15.8. The number of hydrogen-bond acceptors (Lipinski definition) is 2. The molecule has 1 N–H and O–H groups in total. The molecule has 1 saturated carbocycles. The lowest BCUT2D eigenvalue weighted by atomic mass is 9.78. The van der Waals surface area contributed by atoms with E-state index in [0.717, 1.165) is 61.1 Å². The number of amides is 1. The molecule has 4 rings (SSSR count). The maximum Gasteiger partial charge on any atom is 0.230 e. The number of aryl methyl sites for hydroxylation is 2. The number of halogens is 1. The fourth-order valence-corrected chi connectivity index (χ4v) is 4.50. The smallest absolute Gasteiger partial charge is 0.230 e.